The molecule has 26 heavy (non-hydrogen) atoms. The average Bonchev–Trinajstić information content (AvgIpc) is 2.71. The Kier molecular flexibility index (Phi) is 6.07. The Bertz CT molecular complexity index is 881. The number of hydrogen-bond donors (Lipinski definition) is 1. The molecule has 3 rings (SSSR count). The van der Waals surface area contributed by atoms with E-state index < -0.39 is 6.10 Å². The Morgan fingerprint density at radius 3 is 2.31 bits per heavy atom. The number of benzene rings is 3. The molecule has 0 spiro atoms. The molecule has 0 radical (unpaired) electrons. The van der Waals surface area contributed by atoms with Gasteiger partial charge in [-0.2, -0.15) is 0 Å². The lowest BCUT2D eigenvalue weighted by molar-refractivity contribution is -0.127. The van der Waals surface area contributed by atoms with Crippen molar-refractivity contribution in [3.05, 3.63) is 83.9 Å². The van der Waals surface area contributed by atoms with Crippen LogP contribution < -0.4 is 0 Å². The summed E-state index contributed by atoms with van der Waals surface area (Å²) >= 11 is 3.22. The van der Waals surface area contributed by atoms with E-state index in [4.69, 9.17) is 0 Å². The SMILES string of the molecule is CN(C[C@H](c1ccc2ccccc2c1)[C@@H](O)c1ccccc1)C(=O)CBr. The third kappa shape index (κ3) is 4.14. The Labute approximate surface area is 162 Å². The zero-order valence-electron chi connectivity index (χ0n) is 14.7. The minimum absolute atomic E-state index is 0.00366. The molecule has 2 atom stereocenters. The maximum atomic E-state index is 12.0. The summed E-state index contributed by atoms with van der Waals surface area (Å²) < 4.78 is 0. The first-order chi connectivity index (χ1) is 12.6. The molecule has 0 saturated carbocycles. The van der Waals surface area contributed by atoms with Crippen molar-refractivity contribution < 1.29 is 9.90 Å². The second-order valence-electron chi connectivity index (χ2n) is 6.48. The van der Waals surface area contributed by atoms with E-state index in [1.807, 2.05) is 48.5 Å². The van der Waals surface area contributed by atoms with Crippen molar-refractivity contribution in [3.63, 3.8) is 0 Å². The highest BCUT2D eigenvalue weighted by Gasteiger charge is 2.25. The van der Waals surface area contributed by atoms with Crippen LogP contribution in [0.4, 0.5) is 0 Å². The monoisotopic (exact) mass is 411 g/mol. The van der Waals surface area contributed by atoms with Crippen molar-refractivity contribution in [3.8, 4) is 0 Å². The molecule has 0 fully saturated rings. The maximum absolute atomic E-state index is 12.0. The minimum atomic E-state index is -0.692. The van der Waals surface area contributed by atoms with Gasteiger partial charge in [-0.3, -0.25) is 4.79 Å². The van der Waals surface area contributed by atoms with Crippen LogP contribution in [-0.2, 0) is 4.79 Å². The number of amides is 1. The number of aliphatic hydroxyl groups excluding tert-OH is 1. The number of carbonyl (C=O) groups excluding carboxylic acids is 1. The number of likely N-dealkylation sites (N-methyl/N-ethyl adjacent to an activating group) is 1. The largest absolute Gasteiger partial charge is 0.388 e. The molecule has 4 heteroatoms. The van der Waals surface area contributed by atoms with Crippen molar-refractivity contribution in [1.29, 1.82) is 0 Å². The van der Waals surface area contributed by atoms with Gasteiger partial charge in [-0.15, -0.1) is 0 Å². The Morgan fingerprint density at radius 2 is 1.62 bits per heavy atom. The number of hydrogen-bond acceptors (Lipinski definition) is 2. The number of rotatable bonds is 6. The molecule has 0 heterocycles. The molecule has 3 aromatic carbocycles. The van der Waals surface area contributed by atoms with E-state index in [0.717, 1.165) is 21.9 Å². The normalized spacial score (nSPS) is 13.3. The second-order valence-corrected chi connectivity index (χ2v) is 7.04. The van der Waals surface area contributed by atoms with E-state index in [9.17, 15) is 9.90 Å². The zero-order valence-corrected chi connectivity index (χ0v) is 16.3. The third-order valence-electron chi connectivity index (χ3n) is 4.73. The second kappa shape index (κ2) is 8.47. The van der Waals surface area contributed by atoms with Crippen molar-refractivity contribution >= 4 is 32.6 Å². The van der Waals surface area contributed by atoms with Crippen molar-refractivity contribution in [1.82, 2.24) is 4.90 Å². The lowest BCUT2D eigenvalue weighted by atomic mass is 9.87. The molecule has 3 aromatic rings. The van der Waals surface area contributed by atoms with E-state index in [1.165, 1.54) is 0 Å². The smallest absolute Gasteiger partial charge is 0.232 e. The first kappa shape index (κ1) is 18.6. The molecule has 1 N–H and O–H groups in total. The number of nitrogens with zero attached hydrogens (tertiary/aromatic N) is 1. The van der Waals surface area contributed by atoms with Crippen LogP contribution in [0.2, 0.25) is 0 Å². The fraction of sp³-hybridized carbons (Fsp3) is 0.227. The Hall–Kier alpha value is -2.17. The van der Waals surface area contributed by atoms with E-state index >= 15 is 0 Å². The quantitative estimate of drug-likeness (QED) is 0.606. The first-order valence-electron chi connectivity index (χ1n) is 8.62. The van der Waals surface area contributed by atoms with E-state index in [1.54, 1.807) is 11.9 Å². The van der Waals surface area contributed by atoms with Gasteiger partial charge in [0.2, 0.25) is 5.91 Å². The van der Waals surface area contributed by atoms with E-state index in [2.05, 4.69) is 40.2 Å². The van der Waals surface area contributed by atoms with Gasteiger partial charge in [0.05, 0.1) is 11.4 Å². The van der Waals surface area contributed by atoms with Gasteiger partial charge in [0.15, 0.2) is 0 Å². The topological polar surface area (TPSA) is 40.5 Å². The van der Waals surface area contributed by atoms with E-state index in [0.29, 0.717) is 6.54 Å². The summed E-state index contributed by atoms with van der Waals surface area (Å²) in [5.41, 5.74) is 1.87. The average molecular weight is 412 g/mol. The number of alkyl halides is 1. The van der Waals surface area contributed by atoms with Gasteiger partial charge in [0.25, 0.3) is 0 Å². The molecule has 0 bridgehead atoms. The van der Waals surface area contributed by atoms with Gasteiger partial charge in [-0.1, -0.05) is 88.7 Å². The third-order valence-corrected chi connectivity index (χ3v) is 5.21. The highest BCUT2D eigenvalue weighted by molar-refractivity contribution is 9.09. The summed E-state index contributed by atoms with van der Waals surface area (Å²) in [5, 5.41) is 13.6. The lowest BCUT2D eigenvalue weighted by Gasteiger charge is -2.28. The molecule has 0 aromatic heterocycles. The lowest BCUT2D eigenvalue weighted by Crippen LogP contribution is -2.33. The number of carbonyl (C=O) groups is 1. The molecule has 0 aliphatic heterocycles. The summed E-state index contributed by atoms with van der Waals surface area (Å²) in [6.45, 7) is 0.443. The van der Waals surface area contributed by atoms with E-state index in [-0.39, 0.29) is 17.2 Å². The van der Waals surface area contributed by atoms with Gasteiger partial charge in [0.1, 0.15) is 0 Å². The highest BCUT2D eigenvalue weighted by Crippen LogP contribution is 2.33. The Morgan fingerprint density at radius 1 is 0.962 bits per heavy atom. The van der Waals surface area contributed by atoms with Crippen LogP contribution in [0.3, 0.4) is 0 Å². The molecule has 0 saturated heterocycles. The minimum Gasteiger partial charge on any atom is -0.388 e. The predicted molar refractivity (Wildman–Crippen MR) is 110 cm³/mol. The van der Waals surface area contributed by atoms with Crippen LogP contribution in [0.1, 0.15) is 23.1 Å². The summed E-state index contributed by atoms with van der Waals surface area (Å²) in [7, 11) is 1.77. The molecule has 0 aliphatic rings. The van der Waals surface area contributed by atoms with Crippen molar-refractivity contribution in [2.75, 3.05) is 18.9 Å². The van der Waals surface area contributed by atoms with Crippen LogP contribution in [0.25, 0.3) is 10.8 Å². The van der Waals surface area contributed by atoms with Crippen LogP contribution >= 0.6 is 15.9 Å². The Balaban J connectivity index is 1.99. The number of fused-ring (bicyclic) bond motifs is 1. The van der Waals surface area contributed by atoms with Gasteiger partial charge in [-0.05, 0) is 21.9 Å². The summed E-state index contributed by atoms with van der Waals surface area (Å²) in [6, 6.07) is 24.0. The molecule has 0 aliphatic carbocycles. The van der Waals surface area contributed by atoms with Gasteiger partial charge in [-0.25, -0.2) is 0 Å². The maximum Gasteiger partial charge on any atom is 0.232 e. The van der Waals surface area contributed by atoms with Crippen LogP contribution in [0.15, 0.2) is 72.8 Å². The summed E-state index contributed by atoms with van der Waals surface area (Å²) in [6.07, 6.45) is -0.692. The number of aliphatic hydroxyl groups is 1. The van der Waals surface area contributed by atoms with Gasteiger partial charge < -0.3 is 10.0 Å². The van der Waals surface area contributed by atoms with Gasteiger partial charge in [0, 0.05) is 19.5 Å². The zero-order chi connectivity index (χ0) is 18.5. The van der Waals surface area contributed by atoms with Crippen molar-refractivity contribution in [2.45, 2.75) is 12.0 Å². The molecular weight excluding hydrogens is 390 g/mol. The predicted octanol–water partition coefficient (Wildman–Crippen LogP) is 4.51. The number of halogens is 1. The molecule has 0 unspecified atom stereocenters. The highest BCUT2D eigenvalue weighted by atomic mass is 79.9. The van der Waals surface area contributed by atoms with Crippen LogP contribution in [0, 0.1) is 0 Å². The van der Waals surface area contributed by atoms with Crippen LogP contribution in [-0.4, -0.2) is 34.8 Å². The first-order valence-corrected chi connectivity index (χ1v) is 9.74. The molecule has 134 valence electrons. The standard InChI is InChI=1S/C22H22BrNO2/c1-24(21(25)14-23)15-20(22(26)17-8-3-2-4-9-17)19-12-11-16-7-5-6-10-18(16)13-19/h2-13,20,22,26H,14-15H2,1H3/t20-,22+/m1/s1. The molecule has 1 amide bonds. The van der Waals surface area contributed by atoms with Crippen LogP contribution in [0.5, 0.6) is 0 Å². The fourth-order valence-corrected chi connectivity index (χ4v) is 3.64. The fourth-order valence-electron chi connectivity index (χ4n) is 3.21. The molecular formula is C22H22BrNO2. The summed E-state index contributed by atoms with van der Waals surface area (Å²) in [4.78, 5) is 13.7. The molecule has 3 nitrogen and oxygen atoms in total. The van der Waals surface area contributed by atoms with Gasteiger partial charge >= 0.3 is 0 Å². The van der Waals surface area contributed by atoms with Crippen molar-refractivity contribution in [2.24, 2.45) is 0 Å². The summed E-state index contributed by atoms with van der Waals surface area (Å²) in [5.74, 6) is -0.217.